The van der Waals surface area contributed by atoms with Gasteiger partial charge >= 0.3 is 0 Å². The Bertz CT molecular complexity index is 1350. The fraction of sp³-hybridized carbons (Fsp3) is 0.286. The van der Waals surface area contributed by atoms with Crippen LogP contribution in [0.4, 0.5) is 5.69 Å². The minimum absolute atomic E-state index is 0.128. The SMILES string of the molecule is Cc1ccc(S(=O)(=O)N(CC(=O)NCc2ccccc2CN2CCCC2=O)c2cccc(C)c2)cc1. The third kappa shape index (κ3) is 5.94. The molecule has 1 fully saturated rings. The first kappa shape index (κ1) is 25.4. The fourth-order valence-electron chi connectivity index (χ4n) is 4.28. The van der Waals surface area contributed by atoms with Crippen molar-refractivity contribution in [1.29, 1.82) is 0 Å². The summed E-state index contributed by atoms with van der Waals surface area (Å²) in [4.78, 5) is 27.1. The molecular weight excluding hydrogens is 474 g/mol. The molecule has 0 saturated carbocycles. The molecule has 7 nitrogen and oxygen atoms in total. The van der Waals surface area contributed by atoms with Crippen LogP contribution < -0.4 is 9.62 Å². The number of hydrogen-bond acceptors (Lipinski definition) is 4. The van der Waals surface area contributed by atoms with Crippen molar-refractivity contribution in [2.75, 3.05) is 17.4 Å². The third-order valence-corrected chi connectivity index (χ3v) is 8.10. The number of carbonyl (C=O) groups excluding carboxylic acids is 2. The monoisotopic (exact) mass is 505 g/mol. The minimum Gasteiger partial charge on any atom is -0.350 e. The van der Waals surface area contributed by atoms with Crippen LogP contribution >= 0.6 is 0 Å². The summed E-state index contributed by atoms with van der Waals surface area (Å²) in [6, 6.07) is 21.3. The summed E-state index contributed by atoms with van der Waals surface area (Å²) in [5.74, 6) is -0.275. The molecule has 3 aromatic carbocycles. The van der Waals surface area contributed by atoms with E-state index in [0.29, 0.717) is 18.7 Å². The van der Waals surface area contributed by atoms with Gasteiger partial charge in [-0.05, 0) is 61.2 Å². The molecule has 8 heteroatoms. The Morgan fingerprint density at radius 1 is 0.944 bits per heavy atom. The second-order valence-electron chi connectivity index (χ2n) is 9.13. The van der Waals surface area contributed by atoms with E-state index in [-0.39, 0.29) is 23.9 Å². The van der Waals surface area contributed by atoms with Crippen molar-refractivity contribution in [3.8, 4) is 0 Å². The lowest BCUT2D eigenvalue weighted by molar-refractivity contribution is -0.128. The first-order valence-electron chi connectivity index (χ1n) is 12.0. The maximum absolute atomic E-state index is 13.6. The third-order valence-electron chi connectivity index (χ3n) is 6.31. The molecule has 0 bridgehead atoms. The predicted molar refractivity (Wildman–Crippen MR) is 140 cm³/mol. The summed E-state index contributed by atoms with van der Waals surface area (Å²) in [6.45, 7) is 4.89. The van der Waals surface area contributed by atoms with Gasteiger partial charge in [0.1, 0.15) is 6.54 Å². The zero-order valence-corrected chi connectivity index (χ0v) is 21.4. The Labute approximate surface area is 212 Å². The molecule has 1 heterocycles. The van der Waals surface area contributed by atoms with E-state index in [1.165, 1.54) is 0 Å². The minimum atomic E-state index is -3.97. The second-order valence-corrected chi connectivity index (χ2v) is 11.0. The Morgan fingerprint density at radius 3 is 2.33 bits per heavy atom. The Morgan fingerprint density at radius 2 is 1.67 bits per heavy atom. The molecule has 3 aromatic rings. The van der Waals surface area contributed by atoms with Crippen LogP contribution in [0.15, 0.2) is 77.7 Å². The van der Waals surface area contributed by atoms with Gasteiger partial charge in [-0.1, -0.05) is 54.1 Å². The average Bonchev–Trinajstić information content (AvgIpc) is 3.26. The number of aryl methyl sites for hydroxylation is 2. The molecular formula is C28H31N3O4S. The fourth-order valence-corrected chi connectivity index (χ4v) is 5.69. The Hall–Kier alpha value is -3.65. The Balaban J connectivity index is 1.52. The number of amides is 2. The van der Waals surface area contributed by atoms with Crippen LogP contribution in [-0.2, 0) is 32.7 Å². The highest BCUT2D eigenvalue weighted by Gasteiger charge is 2.27. The molecule has 0 aliphatic carbocycles. The normalized spacial score (nSPS) is 13.6. The van der Waals surface area contributed by atoms with Gasteiger partial charge in [0.05, 0.1) is 10.6 Å². The summed E-state index contributed by atoms with van der Waals surface area (Å²) >= 11 is 0. The van der Waals surface area contributed by atoms with Gasteiger partial charge in [0, 0.05) is 26.1 Å². The van der Waals surface area contributed by atoms with Crippen molar-refractivity contribution in [3.63, 3.8) is 0 Å². The van der Waals surface area contributed by atoms with Crippen molar-refractivity contribution in [1.82, 2.24) is 10.2 Å². The van der Waals surface area contributed by atoms with Crippen LogP contribution in [0.5, 0.6) is 0 Å². The van der Waals surface area contributed by atoms with Crippen molar-refractivity contribution < 1.29 is 18.0 Å². The number of rotatable bonds is 9. The topological polar surface area (TPSA) is 86.8 Å². The lowest BCUT2D eigenvalue weighted by atomic mass is 10.1. The van der Waals surface area contributed by atoms with Gasteiger partial charge in [0.25, 0.3) is 10.0 Å². The molecule has 36 heavy (non-hydrogen) atoms. The summed E-state index contributed by atoms with van der Waals surface area (Å²) in [5, 5.41) is 2.87. The van der Waals surface area contributed by atoms with Gasteiger partial charge in [-0.25, -0.2) is 8.42 Å². The van der Waals surface area contributed by atoms with Gasteiger partial charge in [0.2, 0.25) is 11.8 Å². The molecule has 0 radical (unpaired) electrons. The smallest absolute Gasteiger partial charge is 0.264 e. The van der Waals surface area contributed by atoms with Gasteiger partial charge in [-0.15, -0.1) is 0 Å². The zero-order valence-electron chi connectivity index (χ0n) is 20.6. The number of carbonyl (C=O) groups is 2. The Kier molecular flexibility index (Phi) is 7.74. The van der Waals surface area contributed by atoms with E-state index in [1.807, 2.05) is 49.1 Å². The predicted octanol–water partition coefficient (Wildman–Crippen LogP) is 3.94. The van der Waals surface area contributed by atoms with E-state index in [4.69, 9.17) is 0 Å². The number of hydrogen-bond donors (Lipinski definition) is 1. The van der Waals surface area contributed by atoms with Crippen LogP contribution in [0.1, 0.15) is 35.1 Å². The number of sulfonamides is 1. The van der Waals surface area contributed by atoms with Crippen LogP contribution in [-0.4, -0.2) is 38.2 Å². The summed E-state index contributed by atoms with van der Waals surface area (Å²) in [7, 11) is -3.97. The van der Waals surface area contributed by atoms with E-state index < -0.39 is 15.9 Å². The average molecular weight is 506 g/mol. The summed E-state index contributed by atoms with van der Waals surface area (Å²) < 4.78 is 28.3. The van der Waals surface area contributed by atoms with E-state index in [2.05, 4.69) is 5.32 Å². The molecule has 4 rings (SSSR count). The molecule has 1 aliphatic rings. The van der Waals surface area contributed by atoms with Crippen LogP contribution in [0.2, 0.25) is 0 Å². The van der Waals surface area contributed by atoms with Gasteiger partial charge in [-0.2, -0.15) is 0 Å². The molecule has 1 saturated heterocycles. The standard InChI is InChI=1S/C28H31N3O4S/c1-21-12-14-26(15-13-21)36(34,35)31(25-10-5-7-22(2)17-25)20-27(32)29-18-23-8-3-4-9-24(23)19-30-16-6-11-28(30)33/h3-5,7-10,12-15,17H,6,11,16,18-20H2,1-2H3,(H,29,32). The van der Waals surface area contributed by atoms with Crippen molar-refractivity contribution in [2.45, 2.75) is 44.7 Å². The molecule has 2 amide bonds. The van der Waals surface area contributed by atoms with E-state index in [1.54, 1.807) is 42.5 Å². The first-order valence-corrected chi connectivity index (χ1v) is 13.5. The van der Waals surface area contributed by atoms with Crippen LogP contribution in [0, 0.1) is 13.8 Å². The first-order chi connectivity index (χ1) is 17.2. The highest BCUT2D eigenvalue weighted by Crippen LogP contribution is 2.25. The van der Waals surface area contributed by atoms with Gasteiger partial charge in [-0.3, -0.25) is 13.9 Å². The van der Waals surface area contributed by atoms with Crippen LogP contribution in [0.25, 0.3) is 0 Å². The van der Waals surface area contributed by atoms with Crippen molar-refractivity contribution >= 4 is 27.5 Å². The zero-order chi connectivity index (χ0) is 25.7. The molecule has 188 valence electrons. The van der Waals surface area contributed by atoms with E-state index in [9.17, 15) is 18.0 Å². The number of benzene rings is 3. The van der Waals surface area contributed by atoms with E-state index >= 15 is 0 Å². The largest absolute Gasteiger partial charge is 0.350 e. The van der Waals surface area contributed by atoms with Gasteiger partial charge in [0.15, 0.2) is 0 Å². The van der Waals surface area contributed by atoms with Crippen LogP contribution in [0.3, 0.4) is 0 Å². The van der Waals surface area contributed by atoms with Crippen molar-refractivity contribution in [3.05, 3.63) is 95.1 Å². The van der Waals surface area contributed by atoms with E-state index in [0.717, 1.165) is 39.5 Å². The highest BCUT2D eigenvalue weighted by molar-refractivity contribution is 7.92. The molecule has 1 aliphatic heterocycles. The molecule has 0 atom stereocenters. The maximum Gasteiger partial charge on any atom is 0.264 e. The summed E-state index contributed by atoms with van der Waals surface area (Å²) in [6.07, 6.45) is 1.44. The lowest BCUT2D eigenvalue weighted by Crippen LogP contribution is -2.40. The lowest BCUT2D eigenvalue weighted by Gasteiger charge is -2.25. The number of nitrogens with zero attached hydrogens (tertiary/aromatic N) is 2. The van der Waals surface area contributed by atoms with Crippen molar-refractivity contribution in [2.24, 2.45) is 0 Å². The number of likely N-dealkylation sites (tertiary alicyclic amines) is 1. The summed E-state index contributed by atoms with van der Waals surface area (Å²) in [5.41, 5.74) is 4.13. The van der Waals surface area contributed by atoms with Gasteiger partial charge < -0.3 is 10.2 Å². The second kappa shape index (κ2) is 11.0. The quantitative estimate of drug-likeness (QED) is 0.477. The number of anilines is 1. The maximum atomic E-state index is 13.6. The molecule has 0 unspecified atom stereocenters. The number of nitrogens with one attached hydrogen (secondary N) is 1. The highest BCUT2D eigenvalue weighted by atomic mass is 32.2. The molecule has 0 aromatic heterocycles. The molecule has 1 N–H and O–H groups in total. The molecule has 0 spiro atoms.